The van der Waals surface area contributed by atoms with Crippen LogP contribution in [0.2, 0.25) is 0 Å². The van der Waals surface area contributed by atoms with Gasteiger partial charge < -0.3 is 10.2 Å². The van der Waals surface area contributed by atoms with Crippen LogP contribution < -0.4 is 5.32 Å². The minimum absolute atomic E-state index is 0.00868. The summed E-state index contributed by atoms with van der Waals surface area (Å²) in [5, 5.41) is 7.70. The predicted octanol–water partition coefficient (Wildman–Crippen LogP) is 3.29. The first-order chi connectivity index (χ1) is 13.9. The number of hydrogen-bond donors (Lipinski definition) is 1. The van der Waals surface area contributed by atoms with Gasteiger partial charge in [-0.15, -0.1) is 0 Å². The molecule has 1 amide bonds. The van der Waals surface area contributed by atoms with Crippen LogP contribution in [0.25, 0.3) is 0 Å². The van der Waals surface area contributed by atoms with Crippen LogP contribution >= 0.6 is 0 Å². The van der Waals surface area contributed by atoms with Gasteiger partial charge in [0.05, 0.1) is 11.7 Å². The van der Waals surface area contributed by atoms with Crippen molar-refractivity contribution >= 4 is 11.7 Å². The fourth-order valence-electron chi connectivity index (χ4n) is 5.25. The lowest BCUT2D eigenvalue weighted by Crippen LogP contribution is -2.52. The lowest BCUT2D eigenvalue weighted by Gasteiger charge is -2.42. The van der Waals surface area contributed by atoms with E-state index in [1.165, 1.54) is 23.9 Å². The van der Waals surface area contributed by atoms with E-state index in [1.54, 1.807) is 0 Å². The van der Waals surface area contributed by atoms with E-state index in [-0.39, 0.29) is 18.0 Å². The van der Waals surface area contributed by atoms with Crippen molar-refractivity contribution in [2.75, 3.05) is 31.5 Å². The summed E-state index contributed by atoms with van der Waals surface area (Å²) in [6.45, 7) is 7.32. The van der Waals surface area contributed by atoms with Gasteiger partial charge in [-0.2, -0.15) is 5.10 Å². The van der Waals surface area contributed by atoms with Gasteiger partial charge in [0, 0.05) is 25.2 Å². The minimum Gasteiger partial charge on any atom is -0.367 e. The fourth-order valence-corrected chi connectivity index (χ4v) is 5.25. The predicted molar refractivity (Wildman–Crippen MR) is 108 cm³/mol. The van der Waals surface area contributed by atoms with Crippen molar-refractivity contribution in [3.63, 3.8) is 0 Å². The van der Waals surface area contributed by atoms with Crippen LogP contribution in [-0.4, -0.2) is 70.2 Å². The number of carbonyl (C=O) groups excluding carboxylic acids is 1. The molecule has 1 N–H and O–H groups in total. The molecule has 0 saturated carbocycles. The Hall–Kier alpha value is -1.70. The summed E-state index contributed by atoms with van der Waals surface area (Å²) < 4.78 is 28.7. The van der Waals surface area contributed by atoms with E-state index in [1.807, 2.05) is 24.8 Å². The van der Waals surface area contributed by atoms with Gasteiger partial charge in [-0.25, -0.2) is 13.5 Å². The van der Waals surface area contributed by atoms with E-state index < -0.39 is 12.5 Å². The maximum absolute atomic E-state index is 13.6. The average molecular weight is 410 g/mol. The first-order valence-corrected chi connectivity index (χ1v) is 11.1. The van der Waals surface area contributed by atoms with Crippen LogP contribution in [0.5, 0.6) is 0 Å². The Bertz CT molecular complexity index is 710. The second-order valence-electron chi connectivity index (χ2n) is 8.94. The largest absolute Gasteiger partial charge is 0.367 e. The Balaban J connectivity index is 1.35. The number of aromatic nitrogens is 2. The molecule has 3 aliphatic heterocycles. The number of likely N-dealkylation sites (tertiary alicyclic amines) is 2. The molecule has 0 aliphatic carbocycles. The quantitative estimate of drug-likeness (QED) is 0.829. The first-order valence-electron chi connectivity index (χ1n) is 11.1. The highest BCUT2D eigenvalue weighted by atomic mass is 19.3. The summed E-state index contributed by atoms with van der Waals surface area (Å²) in [7, 11) is 0. The molecule has 6 nitrogen and oxygen atoms in total. The van der Waals surface area contributed by atoms with Gasteiger partial charge in [0.15, 0.2) is 0 Å². The van der Waals surface area contributed by atoms with E-state index in [9.17, 15) is 13.6 Å². The Morgan fingerprint density at radius 2 is 1.86 bits per heavy atom. The zero-order valence-corrected chi connectivity index (χ0v) is 17.5. The molecule has 3 aliphatic rings. The number of nitrogens with one attached hydrogen (secondary N) is 1. The van der Waals surface area contributed by atoms with Crippen molar-refractivity contribution in [3.8, 4) is 0 Å². The number of nitrogens with zero attached hydrogens (tertiary/aromatic N) is 4. The van der Waals surface area contributed by atoms with E-state index in [0.29, 0.717) is 18.2 Å². The number of carbonyl (C=O) groups is 1. The summed E-state index contributed by atoms with van der Waals surface area (Å²) >= 11 is 0. The molecule has 2 saturated heterocycles. The summed E-state index contributed by atoms with van der Waals surface area (Å²) in [6.07, 6.45) is 3.29. The van der Waals surface area contributed by atoms with Gasteiger partial charge in [-0.1, -0.05) is 6.42 Å². The lowest BCUT2D eigenvalue weighted by molar-refractivity contribution is -0.138. The molecule has 3 atom stereocenters. The normalized spacial score (nSPS) is 27.6. The Labute approximate surface area is 171 Å². The van der Waals surface area contributed by atoms with Crippen molar-refractivity contribution < 1.29 is 13.6 Å². The van der Waals surface area contributed by atoms with Crippen LogP contribution in [0, 0.1) is 12.8 Å². The molecule has 1 unspecified atom stereocenters. The van der Waals surface area contributed by atoms with E-state index in [4.69, 9.17) is 0 Å². The molecule has 29 heavy (non-hydrogen) atoms. The third kappa shape index (κ3) is 4.27. The van der Waals surface area contributed by atoms with Crippen molar-refractivity contribution in [1.29, 1.82) is 0 Å². The second-order valence-corrected chi connectivity index (χ2v) is 8.94. The topological polar surface area (TPSA) is 53.4 Å². The van der Waals surface area contributed by atoms with Gasteiger partial charge in [0.2, 0.25) is 5.91 Å². The van der Waals surface area contributed by atoms with Gasteiger partial charge >= 0.3 is 0 Å². The third-order valence-electron chi connectivity index (χ3n) is 7.01. The first kappa shape index (κ1) is 20.6. The fraction of sp³-hybridized carbons (Fsp3) is 0.810. The molecule has 8 heteroatoms. The number of halogens is 2. The number of hydrogen-bond acceptors (Lipinski definition) is 4. The molecular weight excluding hydrogens is 376 g/mol. The summed E-state index contributed by atoms with van der Waals surface area (Å²) in [5.74, 6) is 1.22. The lowest BCUT2D eigenvalue weighted by atomic mass is 9.84. The van der Waals surface area contributed by atoms with E-state index in [0.717, 1.165) is 44.7 Å². The summed E-state index contributed by atoms with van der Waals surface area (Å²) in [5.41, 5.74) is 0.755. The number of anilines is 1. The Morgan fingerprint density at radius 3 is 2.52 bits per heavy atom. The highest BCUT2D eigenvalue weighted by molar-refractivity contribution is 5.81. The monoisotopic (exact) mass is 409 g/mol. The molecule has 0 spiro atoms. The molecule has 4 heterocycles. The molecule has 0 bridgehead atoms. The molecule has 1 aromatic rings. The zero-order valence-electron chi connectivity index (χ0n) is 17.5. The van der Waals surface area contributed by atoms with Gasteiger partial charge in [-0.05, 0) is 65.0 Å². The third-order valence-corrected chi connectivity index (χ3v) is 7.01. The molecule has 0 radical (unpaired) electrons. The van der Waals surface area contributed by atoms with Crippen LogP contribution in [0.1, 0.15) is 57.2 Å². The van der Waals surface area contributed by atoms with Crippen LogP contribution in [0.3, 0.4) is 0 Å². The maximum Gasteiger partial charge on any atom is 0.260 e. The van der Waals surface area contributed by atoms with Crippen LogP contribution in [0.15, 0.2) is 6.07 Å². The molecule has 2 fully saturated rings. The van der Waals surface area contributed by atoms with Crippen molar-refractivity contribution in [2.24, 2.45) is 5.92 Å². The summed E-state index contributed by atoms with van der Waals surface area (Å²) in [4.78, 5) is 17.2. The number of aryl methyl sites for hydroxylation is 1. The van der Waals surface area contributed by atoms with E-state index >= 15 is 0 Å². The number of alkyl halides is 2. The Kier molecular flexibility index (Phi) is 6.08. The standard InChI is InChI=1S/C21H33F2N5O/c1-14-12-19-24-17(13-18(20(22)23)28(19)25-14)16-6-10-27(11-7-16)21(29)15(2)26-8-4-3-5-9-26/h12,15-18,20,24H,3-11,13H2,1-2H3/t15?,17-,18+/m0/s1. The van der Waals surface area contributed by atoms with Crippen molar-refractivity contribution in [3.05, 3.63) is 11.8 Å². The maximum atomic E-state index is 13.6. The highest BCUT2D eigenvalue weighted by Gasteiger charge is 2.39. The van der Waals surface area contributed by atoms with E-state index in [2.05, 4.69) is 15.3 Å². The zero-order chi connectivity index (χ0) is 20.5. The van der Waals surface area contributed by atoms with Crippen molar-refractivity contribution in [2.45, 2.75) is 76.9 Å². The molecule has 0 aromatic carbocycles. The number of fused-ring (bicyclic) bond motifs is 1. The van der Waals surface area contributed by atoms with Crippen LogP contribution in [-0.2, 0) is 4.79 Å². The minimum atomic E-state index is -2.43. The smallest absolute Gasteiger partial charge is 0.260 e. The molecule has 4 rings (SSSR count). The number of piperidine rings is 2. The van der Waals surface area contributed by atoms with Crippen LogP contribution in [0.4, 0.5) is 14.6 Å². The SMILES string of the molecule is Cc1cc2n(n1)[C@@H](C(F)F)C[C@@H](C1CCN(C(=O)C(C)N3CCCCC3)CC1)N2. The van der Waals surface area contributed by atoms with Gasteiger partial charge in [0.25, 0.3) is 6.43 Å². The average Bonchev–Trinajstić information content (AvgIpc) is 3.12. The van der Waals surface area contributed by atoms with Gasteiger partial charge in [0.1, 0.15) is 11.9 Å². The molecule has 162 valence electrons. The Morgan fingerprint density at radius 1 is 1.17 bits per heavy atom. The summed E-state index contributed by atoms with van der Waals surface area (Å²) in [6, 6.07) is 0.929. The highest BCUT2D eigenvalue weighted by Crippen LogP contribution is 2.37. The van der Waals surface area contributed by atoms with Crippen molar-refractivity contribution in [1.82, 2.24) is 19.6 Å². The second kappa shape index (κ2) is 8.58. The van der Waals surface area contributed by atoms with Gasteiger partial charge in [-0.3, -0.25) is 9.69 Å². The number of rotatable bonds is 4. The molecular formula is C21H33F2N5O. The number of amides is 1. The molecule has 1 aromatic heterocycles.